The van der Waals surface area contributed by atoms with E-state index >= 15 is 0 Å². The third-order valence-corrected chi connectivity index (χ3v) is 1.41. The van der Waals surface area contributed by atoms with Gasteiger partial charge in [-0.2, -0.15) is 0 Å². The Hall–Kier alpha value is -2.42. The van der Waals surface area contributed by atoms with Crippen LogP contribution in [0.25, 0.3) is 0 Å². The van der Waals surface area contributed by atoms with Gasteiger partial charge in [0, 0.05) is 6.07 Å². The van der Waals surface area contributed by atoms with Crippen LogP contribution in [-0.4, -0.2) is 21.0 Å². The predicted octanol–water partition coefficient (Wildman–Crippen LogP) is 0.816. The SMILES string of the molecule is O=C(O)CC#Cc1ccc([N+](=O)[O-])nc1. The Morgan fingerprint density at radius 3 is 2.80 bits per heavy atom. The third kappa shape index (κ3) is 3.44. The lowest BCUT2D eigenvalue weighted by Crippen LogP contribution is -1.92. The number of aliphatic carboxylic acids is 1. The maximum absolute atomic E-state index is 10.2. The van der Waals surface area contributed by atoms with Gasteiger partial charge >= 0.3 is 11.8 Å². The number of nitro groups is 1. The second-order valence-corrected chi connectivity index (χ2v) is 2.53. The fourth-order valence-corrected chi connectivity index (χ4v) is 0.790. The molecule has 0 aliphatic heterocycles. The Morgan fingerprint density at radius 2 is 2.33 bits per heavy atom. The summed E-state index contributed by atoms with van der Waals surface area (Å²) in [6, 6.07) is 2.63. The molecule has 0 saturated heterocycles. The van der Waals surface area contributed by atoms with Crippen molar-refractivity contribution in [2.75, 3.05) is 0 Å². The van der Waals surface area contributed by atoms with Crippen molar-refractivity contribution in [3.63, 3.8) is 0 Å². The summed E-state index contributed by atoms with van der Waals surface area (Å²) >= 11 is 0. The molecule has 0 bridgehead atoms. The smallest absolute Gasteiger partial charge is 0.363 e. The van der Waals surface area contributed by atoms with Crippen LogP contribution in [0.4, 0.5) is 5.82 Å². The standard InChI is InChI=1S/C9H6N2O4/c12-9(13)3-1-2-7-4-5-8(10-6-7)11(14)15/h4-6H,3H2,(H,12,13). The molecule has 1 N–H and O–H groups in total. The molecule has 0 saturated carbocycles. The first-order valence-electron chi connectivity index (χ1n) is 3.90. The Morgan fingerprint density at radius 1 is 1.60 bits per heavy atom. The number of pyridine rings is 1. The van der Waals surface area contributed by atoms with Crippen LogP contribution in [0.3, 0.4) is 0 Å². The highest BCUT2D eigenvalue weighted by molar-refractivity contribution is 5.70. The van der Waals surface area contributed by atoms with Crippen molar-refractivity contribution in [2.45, 2.75) is 6.42 Å². The average molecular weight is 206 g/mol. The first kappa shape index (κ1) is 10.7. The van der Waals surface area contributed by atoms with Crippen LogP contribution in [-0.2, 0) is 4.79 Å². The van der Waals surface area contributed by atoms with E-state index in [1.54, 1.807) is 0 Å². The molecule has 0 aliphatic carbocycles. The number of carboxylic acids is 1. The van der Waals surface area contributed by atoms with Crippen molar-refractivity contribution < 1.29 is 14.8 Å². The van der Waals surface area contributed by atoms with Crippen molar-refractivity contribution in [1.82, 2.24) is 4.98 Å². The Labute approximate surface area is 84.7 Å². The van der Waals surface area contributed by atoms with Crippen molar-refractivity contribution in [1.29, 1.82) is 0 Å². The lowest BCUT2D eigenvalue weighted by atomic mass is 10.3. The third-order valence-electron chi connectivity index (χ3n) is 1.41. The zero-order chi connectivity index (χ0) is 11.3. The molecule has 0 aromatic carbocycles. The monoisotopic (exact) mass is 206 g/mol. The first-order valence-corrected chi connectivity index (χ1v) is 3.90. The van der Waals surface area contributed by atoms with Crippen molar-refractivity contribution >= 4 is 11.8 Å². The number of rotatable bonds is 2. The minimum absolute atomic E-state index is 0.265. The van der Waals surface area contributed by atoms with Crippen LogP contribution in [0.1, 0.15) is 12.0 Å². The Balaban J connectivity index is 2.75. The van der Waals surface area contributed by atoms with E-state index in [1.165, 1.54) is 18.3 Å². The van der Waals surface area contributed by atoms with Gasteiger partial charge in [-0.05, 0) is 16.0 Å². The van der Waals surface area contributed by atoms with E-state index in [0.717, 1.165) is 0 Å². The highest BCUT2D eigenvalue weighted by Crippen LogP contribution is 2.06. The molecular weight excluding hydrogens is 200 g/mol. The van der Waals surface area contributed by atoms with E-state index in [2.05, 4.69) is 16.8 Å². The van der Waals surface area contributed by atoms with Crippen molar-refractivity contribution in [2.24, 2.45) is 0 Å². The van der Waals surface area contributed by atoms with E-state index in [-0.39, 0.29) is 12.2 Å². The predicted molar refractivity (Wildman–Crippen MR) is 50.0 cm³/mol. The minimum atomic E-state index is -1.02. The van der Waals surface area contributed by atoms with E-state index in [1.807, 2.05) is 0 Å². The molecule has 6 heteroatoms. The van der Waals surface area contributed by atoms with Gasteiger partial charge in [0.1, 0.15) is 6.42 Å². The molecule has 0 fully saturated rings. The summed E-state index contributed by atoms with van der Waals surface area (Å²) in [5, 5.41) is 18.5. The Bertz CT molecular complexity index is 441. The fraction of sp³-hybridized carbons (Fsp3) is 0.111. The van der Waals surface area contributed by atoms with Crippen LogP contribution in [0.15, 0.2) is 18.3 Å². The quantitative estimate of drug-likeness (QED) is 0.439. The zero-order valence-corrected chi connectivity index (χ0v) is 7.51. The van der Waals surface area contributed by atoms with Crippen LogP contribution >= 0.6 is 0 Å². The highest BCUT2D eigenvalue weighted by atomic mass is 16.6. The molecule has 0 unspecified atom stereocenters. The molecular formula is C9H6N2O4. The Kier molecular flexibility index (Phi) is 3.35. The van der Waals surface area contributed by atoms with Gasteiger partial charge in [-0.15, -0.1) is 0 Å². The number of carboxylic acid groups (broad SMARTS) is 1. The molecule has 1 rings (SSSR count). The maximum atomic E-state index is 10.2. The van der Waals surface area contributed by atoms with Crippen LogP contribution in [0.2, 0.25) is 0 Å². The van der Waals surface area contributed by atoms with Crippen LogP contribution < -0.4 is 0 Å². The summed E-state index contributed by atoms with van der Waals surface area (Å²) in [6.45, 7) is 0. The minimum Gasteiger partial charge on any atom is -0.481 e. The molecule has 0 amide bonds. The highest BCUT2D eigenvalue weighted by Gasteiger charge is 2.04. The largest absolute Gasteiger partial charge is 0.481 e. The zero-order valence-electron chi connectivity index (χ0n) is 7.51. The molecule has 1 heterocycles. The molecule has 15 heavy (non-hydrogen) atoms. The molecule has 0 radical (unpaired) electrons. The summed E-state index contributed by atoms with van der Waals surface area (Å²) in [5.41, 5.74) is 0.446. The van der Waals surface area contributed by atoms with E-state index in [0.29, 0.717) is 5.56 Å². The van der Waals surface area contributed by atoms with Gasteiger partial charge in [-0.25, -0.2) is 0 Å². The van der Waals surface area contributed by atoms with Gasteiger partial charge in [0.05, 0.1) is 5.56 Å². The number of hydrogen-bond donors (Lipinski definition) is 1. The maximum Gasteiger partial charge on any atom is 0.363 e. The summed E-state index contributed by atoms with van der Waals surface area (Å²) in [6.07, 6.45) is 0.962. The molecule has 0 atom stereocenters. The number of aromatic nitrogens is 1. The summed E-state index contributed by atoms with van der Waals surface area (Å²) in [4.78, 5) is 23.3. The average Bonchev–Trinajstić information content (AvgIpc) is 2.18. The summed E-state index contributed by atoms with van der Waals surface area (Å²) < 4.78 is 0. The van der Waals surface area contributed by atoms with Gasteiger partial charge in [0.15, 0.2) is 6.20 Å². The molecule has 76 valence electrons. The summed E-state index contributed by atoms with van der Waals surface area (Å²) in [5.74, 6) is 3.64. The molecule has 1 aromatic rings. The number of carbonyl (C=O) groups is 1. The lowest BCUT2D eigenvalue weighted by Gasteiger charge is -1.89. The van der Waals surface area contributed by atoms with E-state index in [4.69, 9.17) is 5.11 Å². The normalized spacial score (nSPS) is 8.80. The number of nitrogens with zero attached hydrogens (tertiary/aromatic N) is 2. The molecule has 1 aromatic heterocycles. The second kappa shape index (κ2) is 4.72. The molecule has 6 nitrogen and oxygen atoms in total. The number of hydrogen-bond acceptors (Lipinski definition) is 4. The van der Waals surface area contributed by atoms with Gasteiger partial charge in [0.25, 0.3) is 0 Å². The van der Waals surface area contributed by atoms with Crippen molar-refractivity contribution in [3.8, 4) is 11.8 Å². The molecule has 0 spiro atoms. The van der Waals surface area contributed by atoms with Crippen molar-refractivity contribution in [3.05, 3.63) is 34.0 Å². The van der Waals surface area contributed by atoms with Gasteiger partial charge < -0.3 is 15.2 Å². The lowest BCUT2D eigenvalue weighted by molar-refractivity contribution is -0.389. The van der Waals surface area contributed by atoms with Crippen LogP contribution in [0.5, 0.6) is 0 Å². The van der Waals surface area contributed by atoms with Gasteiger partial charge in [0.2, 0.25) is 0 Å². The van der Waals surface area contributed by atoms with E-state index in [9.17, 15) is 14.9 Å². The second-order valence-electron chi connectivity index (χ2n) is 2.53. The van der Waals surface area contributed by atoms with Gasteiger partial charge in [-0.1, -0.05) is 11.8 Å². The van der Waals surface area contributed by atoms with Gasteiger partial charge in [-0.3, -0.25) is 4.79 Å². The first-order chi connectivity index (χ1) is 7.09. The molecule has 0 aliphatic rings. The summed E-state index contributed by atoms with van der Waals surface area (Å²) in [7, 11) is 0. The fourth-order valence-electron chi connectivity index (χ4n) is 0.790. The van der Waals surface area contributed by atoms with E-state index < -0.39 is 10.9 Å². The topological polar surface area (TPSA) is 93.3 Å². The van der Waals surface area contributed by atoms with Crippen LogP contribution in [0, 0.1) is 22.0 Å².